The van der Waals surface area contributed by atoms with Gasteiger partial charge in [0.15, 0.2) is 0 Å². The lowest BCUT2D eigenvalue weighted by molar-refractivity contribution is 0.883. The molecular formula is C26H30N6. The topological polar surface area (TPSA) is 80.8 Å². The number of nitrogens with two attached hydrogens (primary N) is 1. The molecule has 2 N–H and O–H groups in total. The third-order valence-electron chi connectivity index (χ3n) is 4.65. The zero-order valence-electron chi connectivity index (χ0n) is 18.8. The van der Waals surface area contributed by atoms with Crippen LogP contribution in [0.5, 0.6) is 0 Å². The molecule has 0 radical (unpaired) electrons. The van der Waals surface area contributed by atoms with Crippen LogP contribution in [0.15, 0.2) is 93.1 Å². The molecule has 0 atom stereocenters. The predicted octanol–water partition coefficient (Wildman–Crippen LogP) is 5.48. The molecule has 0 spiro atoms. The van der Waals surface area contributed by atoms with Gasteiger partial charge in [-0.1, -0.05) is 18.2 Å². The van der Waals surface area contributed by atoms with Crippen molar-refractivity contribution in [3.63, 3.8) is 0 Å². The average molecular weight is 427 g/mol. The van der Waals surface area contributed by atoms with Crippen LogP contribution in [0.25, 0.3) is 22.0 Å². The van der Waals surface area contributed by atoms with E-state index in [1.54, 1.807) is 18.7 Å². The summed E-state index contributed by atoms with van der Waals surface area (Å²) >= 11 is 0. The van der Waals surface area contributed by atoms with Crippen molar-refractivity contribution in [1.82, 2.24) is 19.9 Å². The molecule has 164 valence electrons. The third kappa shape index (κ3) is 6.47. The summed E-state index contributed by atoms with van der Waals surface area (Å²) in [7, 11) is 0. The van der Waals surface area contributed by atoms with Gasteiger partial charge in [0, 0.05) is 36.6 Å². The molecule has 6 nitrogen and oxygen atoms in total. The Bertz CT molecular complexity index is 1130. The Labute approximate surface area is 190 Å². The number of nitrogen functional groups attached to an aromatic ring is 1. The third-order valence-corrected chi connectivity index (χ3v) is 4.65. The molecule has 3 heterocycles. The number of hydrogen-bond donors (Lipinski definition) is 1. The Morgan fingerprint density at radius 2 is 1.72 bits per heavy atom. The van der Waals surface area contributed by atoms with Gasteiger partial charge in [0.25, 0.3) is 0 Å². The molecule has 4 rings (SSSR count). The van der Waals surface area contributed by atoms with E-state index < -0.39 is 0 Å². The molecule has 0 unspecified atom stereocenters. The van der Waals surface area contributed by atoms with Crippen molar-refractivity contribution in [3.05, 3.63) is 98.8 Å². The van der Waals surface area contributed by atoms with E-state index in [9.17, 15) is 0 Å². The molecule has 32 heavy (non-hydrogen) atoms. The first-order valence-electron chi connectivity index (χ1n) is 10.3. The molecule has 1 aromatic carbocycles. The number of anilines is 2. The van der Waals surface area contributed by atoms with E-state index in [0.29, 0.717) is 5.82 Å². The highest BCUT2D eigenvalue weighted by Gasteiger charge is 2.04. The first-order valence-corrected chi connectivity index (χ1v) is 10.3. The number of nitrogens with zero attached hydrogens (tertiary/aromatic N) is 5. The van der Waals surface area contributed by atoms with Gasteiger partial charge in [-0.25, -0.2) is 19.9 Å². The van der Waals surface area contributed by atoms with Crippen LogP contribution in [0.2, 0.25) is 0 Å². The van der Waals surface area contributed by atoms with Crippen LogP contribution in [-0.2, 0) is 0 Å². The standard InChI is InChI=1S/C14H12N4.C10H14N2.C2H4/c1-9-12-6-10(2-3-13(12)18-8-17-9)11-4-5-16-14(15)7-11;1-3-9-12(4-2)10-7-5-6-8-11-10;1-2/h2-8H,1H3,(H2,15,16);3,5-8H,1,4,9H2,2H3;1-2H2. The van der Waals surface area contributed by atoms with Crippen molar-refractivity contribution in [3.8, 4) is 11.1 Å². The number of rotatable bonds is 5. The lowest BCUT2D eigenvalue weighted by Gasteiger charge is -2.19. The van der Waals surface area contributed by atoms with Crippen LogP contribution in [0, 0.1) is 6.92 Å². The molecule has 0 aliphatic carbocycles. The molecular weight excluding hydrogens is 396 g/mol. The van der Waals surface area contributed by atoms with Gasteiger partial charge in [0.1, 0.15) is 18.0 Å². The molecule has 0 aliphatic rings. The highest BCUT2D eigenvalue weighted by molar-refractivity contribution is 5.86. The maximum absolute atomic E-state index is 5.70. The Morgan fingerprint density at radius 1 is 0.938 bits per heavy atom. The smallest absolute Gasteiger partial charge is 0.128 e. The van der Waals surface area contributed by atoms with E-state index in [1.807, 2.05) is 55.5 Å². The highest BCUT2D eigenvalue weighted by atomic mass is 15.2. The van der Waals surface area contributed by atoms with E-state index in [0.717, 1.165) is 46.6 Å². The summed E-state index contributed by atoms with van der Waals surface area (Å²) in [5.74, 6) is 1.54. The molecule has 4 aromatic rings. The monoisotopic (exact) mass is 426 g/mol. The Morgan fingerprint density at radius 3 is 2.38 bits per heavy atom. The molecule has 0 amide bonds. The predicted molar refractivity (Wildman–Crippen MR) is 135 cm³/mol. The van der Waals surface area contributed by atoms with Crippen LogP contribution in [0.1, 0.15) is 12.6 Å². The van der Waals surface area contributed by atoms with Crippen LogP contribution < -0.4 is 10.6 Å². The fourth-order valence-electron chi connectivity index (χ4n) is 3.07. The van der Waals surface area contributed by atoms with Crippen molar-refractivity contribution in [2.75, 3.05) is 23.7 Å². The first kappa shape index (κ1) is 24.2. The molecule has 0 fully saturated rings. The maximum atomic E-state index is 5.70. The molecule has 0 saturated carbocycles. The van der Waals surface area contributed by atoms with Gasteiger partial charge < -0.3 is 10.6 Å². The highest BCUT2D eigenvalue weighted by Crippen LogP contribution is 2.25. The number of likely N-dealkylation sites (N-methyl/N-ethyl adjacent to an activating group) is 1. The van der Waals surface area contributed by atoms with Crippen LogP contribution in [0.4, 0.5) is 11.6 Å². The summed E-state index contributed by atoms with van der Waals surface area (Å²) in [5.41, 5.74) is 9.77. The lowest BCUT2D eigenvalue weighted by Crippen LogP contribution is -2.23. The fourth-order valence-corrected chi connectivity index (χ4v) is 3.07. The summed E-state index contributed by atoms with van der Waals surface area (Å²) in [6.45, 7) is 15.6. The largest absolute Gasteiger partial charge is 0.384 e. The minimum atomic E-state index is 0.522. The number of hydrogen-bond acceptors (Lipinski definition) is 6. The molecule has 3 aromatic heterocycles. The quantitative estimate of drug-likeness (QED) is 0.426. The van der Waals surface area contributed by atoms with Crippen LogP contribution >= 0.6 is 0 Å². The van der Waals surface area contributed by atoms with Gasteiger partial charge in [-0.2, -0.15) is 0 Å². The van der Waals surface area contributed by atoms with E-state index >= 15 is 0 Å². The lowest BCUT2D eigenvalue weighted by atomic mass is 10.0. The Kier molecular flexibility index (Phi) is 9.53. The van der Waals surface area contributed by atoms with Gasteiger partial charge in [-0.3, -0.25) is 0 Å². The minimum Gasteiger partial charge on any atom is -0.384 e. The van der Waals surface area contributed by atoms with Crippen LogP contribution in [0.3, 0.4) is 0 Å². The number of aryl methyl sites for hydroxylation is 1. The van der Waals surface area contributed by atoms with Crippen LogP contribution in [-0.4, -0.2) is 33.0 Å². The molecule has 0 saturated heterocycles. The summed E-state index contributed by atoms with van der Waals surface area (Å²) in [4.78, 5) is 18.9. The Hall–Kier alpha value is -4.06. The van der Waals surface area contributed by atoms with Gasteiger partial charge in [0.05, 0.1) is 5.52 Å². The second kappa shape index (κ2) is 12.6. The summed E-state index contributed by atoms with van der Waals surface area (Å²) in [6.07, 6.45) is 6.99. The molecule has 0 bridgehead atoms. The maximum Gasteiger partial charge on any atom is 0.128 e. The molecule has 0 aliphatic heterocycles. The number of aromatic nitrogens is 4. The van der Waals surface area contributed by atoms with Gasteiger partial charge in [0.2, 0.25) is 0 Å². The van der Waals surface area contributed by atoms with E-state index in [1.165, 1.54) is 0 Å². The fraction of sp³-hybridized carbons (Fsp3) is 0.154. The Balaban J connectivity index is 0.000000227. The van der Waals surface area contributed by atoms with E-state index in [4.69, 9.17) is 5.73 Å². The van der Waals surface area contributed by atoms with Crippen molar-refractivity contribution >= 4 is 22.5 Å². The number of fused-ring (bicyclic) bond motifs is 1. The summed E-state index contributed by atoms with van der Waals surface area (Å²) in [6, 6.07) is 15.8. The SMILES string of the molecule is C=C.C=CCN(CC)c1ccccn1.Cc1ncnc2ccc(-c3ccnc(N)c3)cc12. The zero-order chi connectivity index (χ0) is 23.3. The van der Waals surface area contributed by atoms with Crippen molar-refractivity contribution < 1.29 is 0 Å². The summed E-state index contributed by atoms with van der Waals surface area (Å²) in [5, 5.41) is 1.06. The van der Waals surface area contributed by atoms with Gasteiger partial charge in [-0.15, -0.1) is 19.7 Å². The summed E-state index contributed by atoms with van der Waals surface area (Å²) < 4.78 is 0. The second-order valence-electron chi connectivity index (χ2n) is 6.68. The minimum absolute atomic E-state index is 0.522. The normalized spacial score (nSPS) is 9.69. The van der Waals surface area contributed by atoms with Crippen molar-refractivity contribution in [2.45, 2.75) is 13.8 Å². The second-order valence-corrected chi connectivity index (χ2v) is 6.68. The van der Waals surface area contributed by atoms with E-state index in [2.05, 4.69) is 57.6 Å². The first-order chi connectivity index (χ1) is 15.6. The number of pyridine rings is 2. The van der Waals surface area contributed by atoms with Crippen molar-refractivity contribution in [1.29, 1.82) is 0 Å². The van der Waals surface area contributed by atoms with Gasteiger partial charge >= 0.3 is 0 Å². The molecule has 6 heteroatoms. The zero-order valence-corrected chi connectivity index (χ0v) is 18.8. The van der Waals surface area contributed by atoms with E-state index in [-0.39, 0.29) is 0 Å². The van der Waals surface area contributed by atoms with Gasteiger partial charge in [-0.05, 0) is 61.4 Å². The average Bonchev–Trinajstić information content (AvgIpc) is 2.85. The number of benzene rings is 1. The van der Waals surface area contributed by atoms with Crippen molar-refractivity contribution in [2.24, 2.45) is 0 Å².